The van der Waals surface area contributed by atoms with Gasteiger partial charge in [0.25, 0.3) is 5.56 Å². The third-order valence-electron chi connectivity index (χ3n) is 6.33. The third-order valence-corrected chi connectivity index (χ3v) is 8.06. The zero-order valence-corrected chi connectivity index (χ0v) is 24.4. The Hall–Kier alpha value is -3.88. The molecule has 204 valence electrons. The molecule has 0 saturated heterocycles. The van der Waals surface area contributed by atoms with E-state index in [0.29, 0.717) is 20.6 Å². The lowest BCUT2D eigenvalue weighted by molar-refractivity contribution is -0.138. The second-order valence-electron chi connectivity index (χ2n) is 9.44. The Morgan fingerprint density at radius 3 is 2.50 bits per heavy atom. The van der Waals surface area contributed by atoms with Crippen molar-refractivity contribution < 1.29 is 14.3 Å². The molecule has 0 bridgehead atoms. The number of fused-ring (bicyclic) bond motifs is 1. The van der Waals surface area contributed by atoms with Gasteiger partial charge in [-0.2, -0.15) is 0 Å². The van der Waals surface area contributed by atoms with E-state index in [-0.39, 0.29) is 18.3 Å². The number of ether oxygens (including phenoxy) is 2. The number of aromatic nitrogens is 1. The molecule has 1 atom stereocenters. The number of hydrogen-bond acceptors (Lipinski definition) is 7. The molecule has 2 heterocycles. The molecule has 1 aromatic heterocycles. The molecule has 40 heavy (non-hydrogen) atoms. The van der Waals surface area contributed by atoms with Gasteiger partial charge in [-0.3, -0.25) is 9.36 Å². The van der Waals surface area contributed by atoms with Crippen molar-refractivity contribution >= 4 is 40.8 Å². The summed E-state index contributed by atoms with van der Waals surface area (Å²) in [7, 11) is 0. The van der Waals surface area contributed by atoms with Crippen molar-refractivity contribution in [1.29, 1.82) is 0 Å². The first kappa shape index (κ1) is 27.7. The summed E-state index contributed by atoms with van der Waals surface area (Å²) in [5.41, 5.74) is 3.08. The predicted molar refractivity (Wildman–Crippen MR) is 161 cm³/mol. The highest BCUT2D eigenvalue weighted by molar-refractivity contribution is 7.98. The van der Waals surface area contributed by atoms with Gasteiger partial charge in [-0.05, 0) is 68.5 Å². The van der Waals surface area contributed by atoms with Gasteiger partial charge in [0.2, 0.25) is 0 Å². The summed E-state index contributed by atoms with van der Waals surface area (Å²) < 4.78 is 13.5. The van der Waals surface area contributed by atoms with Crippen molar-refractivity contribution in [2.75, 3.05) is 12.9 Å². The van der Waals surface area contributed by atoms with E-state index in [2.05, 4.69) is 0 Å². The number of carbonyl (C=O) groups is 1. The maximum Gasteiger partial charge on any atom is 0.338 e. The average Bonchev–Trinajstić information content (AvgIpc) is 3.27. The molecule has 4 aromatic rings. The monoisotopic (exact) mass is 570 g/mol. The number of rotatable bonds is 8. The van der Waals surface area contributed by atoms with Crippen LogP contribution in [0.3, 0.4) is 0 Å². The van der Waals surface area contributed by atoms with Gasteiger partial charge in [0.05, 0.1) is 34.6 Å². The summed E-state index contributed by atoms with van der Waals surface area (Å²) in [5.74, 6) is 0.246. The van der Waals surface area contributed by atoms with Crippen molar-refractivity contribution in [3.05, 3.63) is 121 Å². The number of nitrogens with zero attached hydrogens (tertiary/aromatic N) is 2. The van der Waals surface area contributed by atoms with Crippen molar-refractivity contribution in [1.82, 2.24) is 4.57 Å². The zero-order chi connectivity index (χ0) is 28.2. The van der Waals surface area contributed by atoms with Crippen LogP contribution in [0.15, 0.2) is 99.1 Å². The van der Waals surface area contributed by atoms with Crippen LogP contribution in [0.1, 0.15) is 43.5 Å². The number of carbonyl (C=O) groups excluding carboxylic acids is 1. The highest BCUT2D eigenvalue weighted by atomic mass is 32.2. The van der Waals surface area contributed by atoms with E-state index in [4.69, 9.17) is 14.5 Å². The Labute approximate surface area is 241 Å². The van der Waals surface area contributed by atoms with Crippen LogP contribution >= 0.6 is 23.1 Å². The molecular weight excluding hydrogens is 540 g/mol. The summed E-state index contributed by atoms with van der Waals surface area (Å²) >= 11 is 2.94. The van der Waals surface area contributed by atoms with E-state index in [0.717, 1.165) is 27.3 Å². The van der Waals surface area contributed by atoms with Crippen LogP contribution in [0.5, 0.6) is 5.75 Å². The van der Waals surface area contributed by atoms with E-state index < -0.39 is 12.0 Å². The molecule has 5 rings (SSSR count). The lowest BCUT2D eigenvalue weighted by Crippen LogP contribution is -2.40. The lowest BCUT2D eigenvalue weighted by atomic mass is 9.93. The van der Waals surface area contributed by atoms with Crippen LogP contribution in [0.25, 0.3) is 11.8 Å². The van der Waals surface area contributed by atoms with E-state index in [1.807, 2.05) is 105 Å². The number of benzene rings is 3. The molecule has 0 spiro atoms. The second-order valence-corrected chi connectivity index (χ2v) is 11.3. The summed E-state index contributed by atoms with van der Waals surface area (Å²) in [4.78, 5) is 34.1. The van der Waals surface area contributed by atoms with Crippen LogP contribution in [-0.2, 0) is 9.53 Å². The van der Waals surface area contributed by atoms with Crippen molar-refractivity contribution in [3.8, 4) is 5.75 Å². The molecule has 0 amide bonds. The maximum atomic E-state index is 14.0. The highest BCUT2D eigenvalue weighted by Crippen LogP contribution is 2.35. The van der Waals surface area contributed by atoms with Gasteiger partial charge in [0.1, 0.15) is 5.75 Å². The molecule has 0 fully saturated rings. The van der Waals surface area contributed by atoms with Gasteiger partial charge in [-0.1, -0.05) is 65.9 Å². The molecule has 0 N–H and O–H groups in total. The predicted octanol–water partition coefficient (Wildman–Crippen LogP) is 5.44. The lowest BCUT2D eigenvalue weighted by Gasteiger charge is -2.26. The fraction of sp³-hybridized carbons (Fsp3) is 0.219. The van der Waals surface area contributed by atoms with E-state index in [9.17, 15) is 9.59 Å². The Morgan fingerprint density at radius 1 is 1.07 bits per heavy atom. The molecule has 1 aliphatic rings. The highest BCUT2D eigenvalue weighted by Gasteiger charge is 2.35. The molecule has 3 aromatic carbocycles. The Kier molecular flexibility index (Phi) is 8.38. The Morgan fingerprint density at radius 2 is 1.82 bits per heavy atom. The molecule has 0 aliphatic carbocycles. The topological polar surface area (TPSA) is 69.9 Å². The minimum atomic E-state index is -0.695. The molecule has 1 aliphatic heterocycles. The summed E-state index contributed by atoms with van der Waals surface area (Å²) in [6.45, 7) is 5.93. The minimum absolute atomic E-state index is 0.0377. The number of thioether (sulfide) groups is 1. The van der Waals surface area contributed by atoms with Gasteiger partial charge >= 0.3 is 5.97 Å². The first-order chi connectivity index (χ1) is 19.4. The molecule has 0 radical (unpaired) electrons. The summed E-state index contributed by atoms with van der Waals surface area (Å²) in [6.07, 6.45) is 3.90. The SMILES string of the molecule is CCOC(=O)C1=C(c2ccccc2)N=c2s/c(=C\c3cccc(OC(C)C)c3)c(=O)n2[C@@H]1c1ccc(SC)cc1. The standard InChI is InChI=1S/C32H30N2O4S2/c1-5-37-31(36)27-28(22-11-7-6-8-12-22)33-32-34(29(27)23-14-16-25(39-4)17-15-23)30(35)26(40-32)19-21-10-9-13-24(18-21)38-20(2)3/h6-20,29H,5H2,1-4H3/b26-19-/t29-/m1/s1. The van der Waals surface area contributed by atoms with Crippen molar-refractivity contribution in [2.24, 2.45) is 4.99 Å². The van der Waals surface area contributed by atoms with Crippen LogP contribution in [0.2, 0.25) is 0 Å². The van der Waals surface area contributed by atoms with Gasteiger partial charge in [0, 0.05) is 10.5 Å². The fourth-order valence-electron chi connectivity index (χ4n) is 4.64. The van der Waals surface area contributed by atoms with Gasteiger partial charge in [-0.25, -0.2) is 9.79 Å². The van der Waals surface area contributed by atoms with Gasteiger partial charge < -0.3 is 9.47 Å². The largest absolute Gasteiger partial charge is 0.491 e. The maximum absolute atomic E-state index is 14.0. The fourth-order valence-corrected chi connectivity index (χ4v) is 6.05. The Bertz CT molecular complexity index is 1740. The number of esters is 1. The smallest absolute Gasteiger partial charge is 0.338 e. The van der Waals surface area contributed by atoms with Crippen molar-refractivity contribution in [2.45, 2.75) is 37.8 Å². The van der Waals surface area contributed by atoms with Gasteiger partial charge in [-0.15, -0.1) is 11.8 Å². The third kappa shape index (κ3) is 5.69. The van der Waals surface area contributed by atoms with Crippen LogP contribution in [-0.4, -0.2) is 29.5 Å². The summed E-state index contributed by atoms with van der Waals surface area (Å²) in [6, 6.07) is 24.5. The van der Waals surface area contributed by atoms with E-state index in [1.54, 1.807) is 23.3 Å². The molecule has 0 saturated carbocycles. The Balaban J connectivity index is 1.77. The number of hydrogen-bond donors (Lipinski definition) is 0. The molecular formula is C32H30N2O4S2. The molecule has 8 heteroatoms. The van der Waals surface area contributed by atoms with Crippen LogP contribution in [0, 0.1) is 0 Å². The normalized spacial score (nSPS) is 15.1. The molecule has 0 unspecified atom stereocenters. The van der Waals surface area contributed by atoms with E-state index in [1.165, 1.54) is 11.3 Å². The van der Waals surface area contributed by atoms with Crippen LogP contribution in [0.4, 0.5) is 0 Å². The first-order valence-corrected chi connectivity index (χ1v) is 15.1. The van der Waals surface area contributed by atoms with Gasteiger partial charge in [0.15, 0.2) is 4.80 Å². The van der Waals surface area contributed by atoms with E-state index >= 15 is 0 Å². The number of thiazole rings is 1. The first-order valence-electron chi connectivity index (χ1n) is 13.1. The average molecular weight is 571 g/mol. The molecule has 6 nitrogen and oxygen atoms in total. The minimum Gasteiger partial charge on any atom is -0.491 e. The zero-order valence-electron chi connectivity index (χ0n) is 22.8. The van der Waals surface area contributed by atoms with Crippen molar-refractivity contribution in [3.63, 3.8) is 0 Å². The van der Waals surface area contributed by atoms with Crippen LogP contribution < -0.4 is 19.6 Å². The second kappa shape index (κ2) is 12.1. The summed E-state index contributed by atoms with van der Waals surface area (Å²) in [5, 5.41) is 0. The quantitative estimate of drug-likeness (QED) is 0.208.